The van der Waals surface area contributed by atoms with Crippen molar-refractivity contribution in [2.24, 2.45) is 17.3 Å². The lowest BCUT2D eigenvalue weighted by molar-refractivity contribution is 0.162. The van der Waals surface area contributed by atoms with Gasteiger partial charge in [0.25, 0.3) is 0 Å². The van der Waals surface area contributed by atoms with Crippen LogP contribution in [0.25, 0.3) is 0 Å². The van der Waals surface area contributed by atoms with Crippen LogP contribution >= 0.6 is 0 Å². The molecule has 0 saturated heterocycles. The Morgan fingerprint density at radius 2 is 1.39 bits per heavy atom. The number of hydrogen-bond donors (Lipinski definition) is 2. The van der Waals surface area contributed by atoms with Crippen molar-refractivity contribution in [2.75, 3.05) is 0 Å². The molecular formula is C21H24O2. The molecule has 0 amide bonds. The Morgan fingerprint density at radius 3 is 1.78 bits per heavy atom. The molecule has 0 spiro atoms. The van der Waals surface area contributed by atoms with Gasteiger partial charge >= 0.3 is 0 Å². The SMILES string of the molecule is CC1(C(c2ccc(O)cc2)c2ccc(O)cc2)CC2CCC1C2. The summed E-state index contributed by atoms with van der Waals surface area (Å²) in [6.45, 7) is 2.45. The smallest absolute Gasteiger partial charge is 0.115 e. The van der Waals surface area contributed by atoms with Crippen LogP contribution in [-0.2, 0) is 0 Å². The van der Waals surface area contributed by atoms with Gasteiger partial charge in [0.2, 0.25) is 0 Å². The minimum Gasteiger partial charge on any atom is -0.508 e. The van der Waals surface area contributed by atoms with E-state index in [2.05, 4.69) is 31.2 Å². The number of phenols is 2. The molecule has 2 aromatic rings. The summed E-state index contributed by atoms with van der Waals surface area (Å²) in [4.78, 5) is 0. The Hall–Kier alpha value is -1.96. The van der Waals surface area contributed by atoms with Gasteiger partial charge in [-0.25, -0.2) is 0 Å². The zero-order valence-corrected chi connectivity index (χ0v) is 13.6. The van der Waals surface area contributed by atoms with E-state index in [9.17, 15) is 10.2 Å². The first-order valence-corrected chi connectivity index (χ1v) is 8.64. The summed E-state index contributed by atoms with van der Waals surface area (Å²) in [7, 11) is 0. The second-order valence-electron chi connectivity index (χ2n) is 7.70. The molecule has 2 nitrogen and oxygen atoms in total. The second kappa shape index (κ2) is 5.30. The van der Waals surface area contributed by atoms with Crippen LogP contribution in [0, 0.1) is 17.3 Å². The van der Waals surface area contributed by atoms with Gasteiger partial charge in [-0.2, -0.15) is 0 Å². The maximum absolute atomic E-state index is 9.65. The Kier molecular flexibility index (Phi) is 3.37. The van der Waals surface area contributed by atoms with E-state index in [1.54, 1.807) is 24.3 Å². The third-order valence-electron chi connectivity index (χ3n) is 6.31. The summed E-state index contributed by atoms with van der Waals surface area (Å²) in [6, 6.07) is 15.4. The maximum Gasteiger partial charge on any atom is 0.115 e. The third kappa shape index (κ3) is 2.41. The van der Waals surface area contributed by atoms with Crippen molar-refractivity contribution in [1.82, 2.24) is 0 Å². The summed E-state index contributed by atoms with van der Waals surface area (Å²) in [5.41, 5.74) is 2.80. The van der Waals surface area contributed by atoms with E-state index in [-0.39, 0.29) is 5.41 Å². The number of phenolic OH excluding ortho intramolecular Hbond substituents is 2. The maximum atomic E-state index is 9.65. The Balaban J connectivity index is 1.80. The number of aromatic hydroxyl groups is 2. The predicted octanol–water partition coefficient (Wildman–Crippen LogP) is 5.06. The monoisotopic (exact) mass is 308 g/mol. The summed E-state index contributed by atoms with van der Waals surface area (Å²) < 4.78 is 0. The van der Waals surface area contributed by atoms with Gasteiger partial charge in [-0.05, 0) is 71.9 Å². The fourth-order valence-electron chi connectivity index (χ4n) is 5.29. The number of rotatable bonds is 3. The lowest BCUT2D eigenvalue weighted by atomic mass is 9.62. The molecule has 4 rings (SSSR count). The predicted molar refractivity (Wildman–Crippen MR) is 91.6 cm³/mol. The Morgan fingerprint density at radius 1 is 0.870 bits per heavy atom. The van der Waals surface area contributed by atoms with Crippen molar-refractivity contribution >= 4 is 0 Å². The zero-order chi connectivity index (χ0) is 16.0. The van der Waals surface area contributed by atoms with Crippen LogP contribution in [0.15, 0.2) is 48.5 Å². The molecule has 3 unspecified atom stereocenters. The molecule has 0 radical (unpaired) electrons. The highest BCUT2D eigenvalue weighted by Gasteiger charge is 2.52. The van der Waals surface area contributed by atoms with Crippen molar-refractivity contribution in [3.63, 3.8) is 0 Å². The molecule has 2 fully saturated rings. The second-order valence-corrected chi connectivity index (χ2v) is 7.70. The minimum atomic E-state index is 0.261. The lowest BCUT2D eigenvalue weighted by Gasteiger charge is -2.42. The molecule has 2 aliphatic rings. The van der Waals surface area contributed by atoms with Gasteiger partial charge in [0.05, 0.1) is 0 Å². The number of benzene rings is 2. The highest BCUT2D eigenvalue weighted by molar-refractivity contribution is 5.40. The van der Waals surface area contributed by atoms with Crippen molar-refractivity contribution in [3.8, 4) is 11.5 Å². The molecule has 2 heteroatoms. The van der Waals surface area contributed by atoms with Crippen LogP contribution in [0.3, 0.4) is 0 Å². The van der Waals surface area contributed by atoms with E-state index < -0.39 is 0 Å². The zero-order valence-electron chi connectivity index (χ0n) is 13.6. The Bertz CT molecular complexity index is 643. The average molecular weight is 308 g/mol. The van der Waals surface area contributed by atoms with E-state index in [0.717, 1.165) is 11.8 Å². The lowest BCUT2D eigenvalue weighted by Crippen LogP contribution is -2.32. The normalized spacial score (nSPS) is 29.3. The molecule has 0 heterocycles. The topological polar surface area (TPSA) is 40.5 Å². The molecule has 120 valence electrons. The van der Waals surface area contributed by atoms with E-state index in [1.807, 2.05) is 0 Å². The third-order valence-corrected chi connectivity index (χ3v) is 6.31. The highest BCUT2D eigenvalue weighted by atomic mass is 16.3. The summed E-state index contributed by atoms with van der Waals surface area (Å²) >= 11 is 0. The fourth-order valence-corrected chi connectivity index (χ4v) is 5.29. The molecule has 2 bridgehead atoms. The van der Waals surface area contributed by atoms with Gasteiger partial charge in [-0.15, -0.1) is 0 Å². The van der Waals surface area contributed by atoms with Crippen LogP contribution in [0.2, 0.25) is 0 Å². The van der Waals surface area contributed by atoms with Gasteiger partial charge in [-0.1, -0.05) is 37.6 Å². The van der Waals surface area contributed by atoms with E-state index in [4.69, 9.17) is 0 Å². The first-order chi connectivity index (χ1) is 11.1. The largest absolute Gasteiger partial charge is 0.508 e. The van der Waals surface area contributed by atoms with Gasteiger partial charge in [0.1, 0.15) is 11.5 Å². The molecule has 23 heavy (non-hydrogen) atoms. The molecule has 2 N–H and O–H groups in total. The first-order valence-electron chi connectivity index (χ1n) is 8.64. The fraction of sp³-hybridized carbons (Fsp3) is 0.429. The summed E-state index contributed by atoms with van der Waals surface area (Å²) in [5, 5.41) is 19.3. The quantitative estimate of drug-likeness (QED) is 0.832. The van der Waals surface area contributed by atoms with Crippen LogP contribution in [-0.4, -0.2) is 10.2 Å². The van der Waals surface area contributed by atoms with Crippen LogP contribution in [0.4, 0.5) is 0 Å². The molecule has 0 aliphatic heterocycles. The summed E-state index contributed by atoms with van der Waals surface area (Å²) in [6.07, 6.45) is 5.37. The van der Waals surface area contributed by atoms with E-state index in [1.165, 1.54) is 36.8 Å². The van der Waals surface area contributed by atoms with Crippen molar-refractivity contribution in [2.45, 2.75) is 38.5 Å². The average Bonchev–Trinajstić information content (AvgIpc) is 3.12. The molecule has 2 aliphatic carbocycles. The summed E-state index contributed by atoms with van der Waals surface area (Å²) in [5.74, 6) is 2.61. The first kappa shape index (κ1) is 14.6. The van der Waals surface area contributed by atoms with Crippen molar-refractivity contribution in [1.29, 1.82) is 0 Å². The number of fused-ring (bicyclic) bond motifs is 2. The van der Waals surface area contributed by atoms with Gasteiger partial charge < -0.3 is 10.2 Å². The van der Waals surface area contributed by atoms with Gasteiger partial charge in [-0.3, -0.25) is 0 Å². The van der Waals surface area contributed by atoms with Crippen LogP contribution in [0.1, 0.15) is 49.7 Å². The Labute approximate surface area is 137 Å². The van der Waals surface area contributed by atoms with Gasteiger partial charge in [0.15, 0.2) is 0 Å². The molecule has 3 atom stereocenters. The van der Waals surface area contributed by atoms with Crippen molar-refractivity contribution in [3.05, 3.63) is 59.7 Å². The van der Waals surface area contributed by atoms with Gasteiger partial charge in [0, 0.05) is 5.92 Å². The number of hydrogen-bond acceptors (Lipinski definition) is 2. The van der Waals surface area contributed by atoms with Crippen molar-refractivity contribution < 1.29 is 10.2 Å². The minimum absolute atomic E-state index is 0.261. The van der Waals surface area contributed by atoms with E-state index >= 15 is 0 Å². The van der Waals surface area contributed by atoms with Crippen LogP contribution < -0.4 is 0 Å². The molecular weight excluding hydrogens is 284 g/mol. The molecule has 2 saturated carbocycles. The van der Waals surface area contributed by atoms with E-state index in [0.29, 0.717) is 17.4 Å². The molecule has 2 aromatic carbocycles. The highest BCUT2D eigenvalue weighted by Crippen LogP contribution is 2.62. The standard InChI is InChI=1S/C21H24O2/c1-21(13-14-2-7-17(21)12-14)20(15-3-8-18(22)9-4-15)16-5-10-19(23)11-6-16/h3-6,8-11,14,17,20,22-23H,2,7,12-13H2,1H3. The molecule has 0 aromatic heterocycles. The van der Waals surface area contributed by atoms with Crippen LogP contribution in [0.5, 0.6) is 11.5 Å².